The van der Waals surface area contributed by atoms with Gasteiger partial charge in [0.2, 0.25) is 0 Å². The molecule has 1 aliphatic heterocycles. The molecule has 0 amide bonds. The van der Waals surface area contributed by atoms with E-state index in [1.165, 1.54) is 76.1 Å². The minimum atomic E-state index is 0.503. The third kappa shape index (κ3) is 3.48. The molecule has 110 valence electrons. The minimum absolute atomic E-state index is 0.503. The molecule has 1 spiro atoms. The predicted octanol–water partition coefficient (Wildman–Crippen LogP) is 3.13. The Morgan fingerprint density at radius 3 is 2.74 bits per heavy atom. The summed E-state index contributed by atoms with van der Waals surface area (Å²) < 4.78 is 0. The molecular weight excluding hydrogens is 252 g/mol. The van der Waals surface area contributed by atoms with E-state index >= 15 is 0 Å². The molecule has 3 rings (SSSR count). The van der Waals surface area contributed by atoms with Crippen LogP contribution in [-0.4, -0.2) is 47.6 Å². The van der Waals surface area contributed by atoms with E-state index in [0.717, 1.165) is 12.0 Å². The minimum Gasteiger partial charge on any atom is -0.308 e. The summed E-state index contributed by atoms with van der Waals surface area (Å²) in [6.45, 7) is 6.23. The summed E-state index contributed by atoms with van der Waals surface area (Å²) >= 11 is 2.10. The second kappa shape index (κ2) is 6.36. The van der Waals surface area contributed by atoms with Crippen molar-refractivity contribution in [3.63, 3.8) is 0 Å². The zero-order chi connectivity index (χ0) is 13.1. The lowest BCUT2D eigenvalue weighted by atomic mass is 9.91. The molecule has 2 saturated carbocycles. The van der Waals surface area contributed by atoms with E-state index in [-0.39, 0.29) is 0 Å². The van der Waals surface area contributed by atoms with Crippen molar-refractivity contribution < 1.29 is 0 Å². The van der Waals surface area contributed by atoms with Crippen molar-refractivity contribution in [2.45, 2.75) is 63.5 Å². The standard InChI is InChI=1S/C16H30N2S/c1-2-19-11-5-10-18-13-16(8-3-4-9-16)17-12-15(18)14-6-7-14/h14-15,17H,2-13H2,1H3. The van der Waals surface area contributed by atoms with Crippen molar-refractivity contribution in [2.75, 3.05) is 31.1 Å². The molecule has 1 heterocycles. The average Bonchev–Trinajstić information content (AvgIpc) is 3.17. The third-order valence-corrected chi connectivity index (χ3v) is 6.31. The summed E-state index contributed by atoms with van der Waals surface area (Å²) in [6.07, 6.45) is 10.1. The lowest BCUT2D eigenvalue weighted by Crippen LogP contribution is -2.63. The van der Waals surface area contributed by atoms with E-state index < -0.39 is 0 Å². The summed E-state index contributed by atoms with van der Waals surface area (Å²) in [5, 5.41) is 3.95. The van der Waals surface area contributed by atoms with Gasteiger partial charge in [-0.05, 0) is 56.1 Å². The third-order valence-electron chi connectivity index (χ3n) is 5.33. The second-order valence-electron chi connectivity index (χ2n) is 6.79. The highest BCUT2D eigenvalue weighted by Crippen LogP contribution is 2.40. The Hall–Kier alpha value is 0.270. The normalized spacial score (nSPS) is 31.1. The maximum Gasteiger partial charge on any atom is 0.0309 e. The molecular formula is C16H30N2S. The van der Waals surface area contributed by atoms with Crippen LogP contribution in [0.4, 0.5) is 0 Å². The first-order valence-corrected chi connectivity index (χ1v) is 9.55. The number of rotatable bonds is 6. The van der Waals surface area contributed by atoms with Gasteiger partial charge in [0.05, 0.1) is 0 Å². The molecule has 0 radical (unpaired) electrons. The van der Waals surface area contributed by atoms with Gasteiger partial charge in [0.1, 0.15) is 0 Å². The summed E-state index contributed by atoms with van der Waals surface area (Å²) in [7, 11) is 0. The lowest BCUT2D eigenvalue weighted by molar-refractivity contribution is 0.0696. The van der Waals surface area contributed by atoms with Gasteiger partial charge in [0, 0.05) is 24.7 Å². The number of hydrogen-bond donors (Lipinski definition) is 1. The number of nitrogens with zero attached hydrogens (tertiary/aromatic N) is 1. The fraction of sp³-hybridized carbons (Fsp3) is 1.00. The molecule has 1 atom stereocenters. The SMILES string of the molecule is CCSCCCN1CC2(CCCC2)NCC1C1CC1. The summed E-state index contributed by atoms with van der Waals surface area (Å²) in [4.78, 5) is 2.87. The fourth-order valence-corrected chi connectivity index (χ4v) is 4.73. The molecule has 3 aliphatic rings. The molecule has 0 aromatic heterocycles. The average molecular weight is 282 g/mol. The molecule has 0 aromatic rings. The van der Waals surface area contributed by atoms with Crippen LogP contribution in [0.25, 0.3) is 0 Å². The molecule has 3 fully saturated rings. The lowest BCUT2D eigenvalue weighted by Gasteiger charge is -2.47. The van der Waals surface area contributed by atoms with Gasteiger partial charge < -0.3 is 5.32 Å². The van der Waals surface area contributed by atoms with Crippen LogP contribution < -0.4 is 5.32 Å². The first-order valence-electron chi connectivity index (χ1n) is 8.40. The molecule has 2 nitrogen and oxygen atoms in total. The quantitative estimate of drug-likeness (QED) is 0.754. The van der Waals surface area contributed by atoms with Gasteiger partial charge in [0.25, 0.3) is 0 Å². The number of piperazine rings is 1. The highest BCUT2D eigenvalue weighted by Gasteiger charge is 2.45. The van der Waals surface area contributed by atoms with Crippen LogP contribution >= 0.6 is 11.8 Å². The number of thioether (sulfide) groups is 1. The van der Waals surface area contributed by atoms with Gasteiger partial charge in [0.15, 0.2) is 0 Å². The molecule has 0 aromatic carbocycles. The topological polar surface area (TPSA) is 15.3 Å². The number of nitrogens with one attached hydrogen (secondary N) is 1. The van der Waals surface area contributed by atoms with Gasteiger partial charge in [-0.15, -0.1) is 0 Å². The summed E-state index contributed by atoms with van der Waals surface area (Å²) in [5.74, 6) is 3.65. The molecule has 0 bridgehead atoms. The van der Waals surface area contributed by atoms with E-state index in [9.17, 15) is 0 Å². The van der Waals surface area contributed by atoms with Crippen molar-refractivity contribution in [3.8, 4) is 0 Å². The zero-order valence-corrected chi connectivity index (χ0v) is 13.3. The fourth-order valence-electron chi connectivity index (χ4n) is 4.10. The van der Waals surface area contributed by atoms with Crippen LogP contribution in [0.3, 0.4) is 0 Å². The molecule has 2 aliphatic carbocycles. The van der Waals surface area contributed by atoms with Crippen LogP contribution in [0.5, 0.6) is 0 Å². The van der Waals surface area contributed by atoms with Crippen molar-refractivity contribution in [1.29, 1.82) is 0 Å². The summed E-state index contributed by atoms with van der Waals surface area (Å²) in [6, 6.07) is 0.859. The molecule has 1 unspecified atom stereocenters. The van der Waals surface area contributed by atoms with Crippen molar-refractivity contribution in [2.24, 2.45) is 5.92 Å². The Labute approximate surface area is 123 Å². The maximum atomic E-state index is 3.95. The highest BCUT2D eigenvalue weighted by molar-refractivity contribution is 7.99. The van der Waals surface area contributed by atoms with E-state index in [1.54, 1.807) is 0 Å². The largest absolute Gasteiger partial charge is 0.308 e. The van der Waals surface area contributed by atoms with Gasteiger partial charge in [-0.3, -0.25) is 4.90 Å². The number of hydrogen-bond acceptors (Lipinski definition) is 3. The van der Waals surface area contributed by atoms with E-state index in [0.29, 0.717) is 5.54 Å². The van der Waals surface area contributed by atoms with Crippen LogP contribution in [0.2, 0.25) is 0 Å². The Morgan fingerprint density at radius 1 is 1.26 bits per heavy atom. The highest BCUT2D eigenvalue weighted by atomic mass is 32.2. The van der Waals surface area contributed by atoms with Crippen LogP contribution in [0.15, 0.2) is 0 Å². The van der Waals surface area contributed by atoms with Crippen LogP contribution in [-0.2, 0) is 0 Å². The summed E-state index contributed by atoms with van der Waals surface area (Å²) in [5.41, 5.74) is 0.503. The Kier molecular flexibility index (Phi) is 4.76. The second-order valence-corrected chi connectivity index (χ2v) is 8.19. The van der Waals surface area contributed by atoms with Gasteiger partial charge >= 0.3 is 0 Å². The zero-order valence-electron chi connectivity index (χ0n) is 12.5. The molecule has 3 heteroatoms. The smallest absolute Gasteiger partial charge is 0.0309 e. The van der Waals surface area contributed by atoms with Crippen molar-refractivity contribution in [3.05, 3.63) is 0 Å². The molecule has 1 saturated heterocycles. The van der Waals surface area contributed by atoms with E-state index in [2.05, 4.69) is 28.9 Å². The van der Waals surface area contributed by atoms with Crippen LogP contribution in [0, 0.1) is 5.92 Å². The molecule has 19 heavy (non-hydrogen) atoms. The van der Waals surface area contributed by atoms with Gasteiger partial charge in [-0.2, -0.15) is 11.8 Å². The van der Waals surface area contributed by atoms with E-state index in [1.807, 2.05) is 0 Å². The maximum absolute atomic E-state index is 3.95. The van der Waals surface area contributed by atoms with Crippen molar-refractivity contribution in [1.82, 2.24) is 10.2 Å². The first kappa shape index (κ1) is 14.2. The Bertz CT molecular complexity index is 284. The Morgan fingerprint density at radius 2 is 2.05 bits per heavy atom. The molecule has 1 N–H and O–H groups in total. The van der Waals surface area contributed by atoms with Crippen molar-refractivity contribution >= 4 is 11.8 Å². The monoisotopic (exact) mass is 282 g/mol. The predicted molar refractivity (Wildman–Crippen MR) is 84.9 cm³/mol. The van der Waals surface area contributed by atoms with Crippen LogP contribution in [0.1, 0.15) is 51.9 Å². The van der Waals surface area contributed by atoms with E-state index in [4.69, 9.17) is 0 Å². The first-order chi connectivity index (χ1) is 9.33. The van der Waals surface area contributed by atoms with Gasteiger partial charge in [-0.1, -0.05) is 19.8 Å². The Balaban J connectivity index is 1.54. The van der Waals surface area contributed by atoms with Gasteiger partial charge in [-0.25, -0.2) is 0 Å².